The molecule has 0 unspecified atom stereocenters. The molecule has 1 N–H and O–H groups in total. The van der Waals surface area contributed by atoms with Crippen molar-refractivity contribution in [3.8, 4) is 0 Å². The molecule has 2 aliphatic heterocycles. The third-order valence-corrected chi connectivity index (χ3v) is 6.36. The summed E-state index contributed by atoms with van der Waals surface area (Å²) in [5, 5.41) is 2.60. The molecule has 3 aliphatic rings. The Morgan fingerprint density at radius 1 is 1.14 bits per heavy atom. The highest BCUT2D eigenvalue weighted by molar-refractivity contribution is 5.94. The maximum Gasteiger partial charge on any atom is 0.254 e. The van der Waals surface area contributed by atoms with Gasteiger partial charge < -0.3 is 19.9 Å². The number of nitrogens with zero attached hydrogens (tertiary/aromatic N) is 2. The monoisotopic (exact) mass is 407 g/mol. The second-order valence-corrected chi connectivity index (χ2v) is 8.17. The molecule has 6 nitrogen and oxygen atoms in total. The van der Waals surface area contributed by atoms with Gasteiger partial charge in [-0.3, -0.25) is 9.59 Å². The molecule has 0 aromatic heterocycles. The third-order valence-electron chi connectivity index (χ3n) is 6.36. The van der Waals surface area contributed by atoms with E-state index in [4.69, 9.17) is 4.74 Å². The van der Waals surface area contributed by atoms with E-state index < -0.39 is 17.5 Å². The molecule has 2 heterocycles. The molecule has 0 spiro atoms. The van der Waals surface area contributed by atoms with Crippen molar-refractivity contribution in [3.05, 3.63) is 35.4 Å². The van der Waals surface area contributed by atoms with E-state index in [2.05, 4.69) is 10.2 Å². The minimum absolute atomic E-state index is 0.0162. The van der Waals surface area contributed by atoms with Gasteiger partial charge in [0.25, 0.3) is 5.91 Å². The molecule has 4 rings (SSSR count). The highest BCUT2D eigenvalue weighted by atomic mass is 19.1. The van der Waals surface area contributed by atoms with Crippen LogP contribution in [-0.2, 0) is 9.53 Å². The fourth-order valence-electron chi connectivity index (χ4n) is 4.41. The maximum atomic E-state index is 13.7. The summed E-state index contributed by atoms with van der Waals surface area (Å²) in [6.45, 7) is 2.55. The van der Waals surface area contributed by atoms with E-state index in [9.17, 15) is 18.4 Å². The zero-order valence-electron chi connectivity index (χ0n) is 16.4. The number of benzene rings is 1. The van der Waals surface area contributed by atoms with E-state index in [-0.39, 0.29) is 36.8 Å². The number of hydrogen-bond donors (Lipinski definition) is 1. The lowest BCUT2D eigenvalue weighted by Crippen LogP contribution is -2.57. The van der Waals surface area contributed by atoms with E-state index in [1.54, 1.807) is 0 Å². The van der Waals surface area contributed by atoms with Crippen molar-refractivity contribution < 1.29 is 23.1 Å². The van der Waals surface area contributed by atoms with Crippen molar-refractivity contribution >= 4 is 11.8 Å². The number of amides is 2. The fraction of sp³-hybridized carbons (Fsp3) is 0.619. The molecular weight excluding hydrogens is 380 g/mol. The zero-order valence-corrected chi connectivity index (χ0v) is 16.4. The number of carbonyl (C=O) groups is 2. The highest BCUT2D eigenvalue weighted by Crippen LogP contribution is 2.29. The predicted octanol–water partition coefficient (Wildman–Crippen LogP) is 1.94. The van der Waals surface area contributed by atoms with E-state index >= 15 is 0 Å². The van der Waals surface area contributed by atoms with Crippen LogP contribution in [0, 0.1) is 11.6 Å². The first kappa shape index (κ1) is 20.2. The molecule has 8 heteroatoms. The quantitative estimate of drug-likeness (QED) is 0.811. The van der Waals surface area contributed by atoms with Gasteiger partial charge in [-0.2, -0.15) is 0 Å². The first-order valence-electron chi connectivity index (χ1n) is 10.4. The first-order chi connectivity index (χ1) is 14.0. The molecule has 1 aliphatic carbocycles. The van der Waals surface area contributed by atoms with Crippen molar-refractivity contribution in [3.63, 3.8) is 0 Å². The number of halogens is 2. The molecule has 0 radical (unpaired) electrons. The van der Waals surface area contributed by atoms with Crippen LogP contribution in [0.15, 0.2) is 18.2 Å². The lowest BCUT2D eigenvalue weighted by Gasteiger charge is -2.45. The molecule has 158 valence electrons. The Hall–Kier alpha value is -2.06. The van der Waals surface area contributed by atoms with Crippen molar-refractivity contribution in [2.24, 2.45) is 0 Å². The normalized spacial score (nSPS) is 24.4. The van der Waals surface area contributed by atoms with E-state index in [1.807, 2.05) is 4.90 Å². The van der Waals surface area contributed by atoms with Crippen LogP contribution in [0.25, 0.3) is 0 Å². The van der Waals surface area contributed by atoms with E-state index in [0.29, 0.717) is 6.54 Å². The van der Waals surface area contributed by atoms with E-state index in [0.717, 1.165) is 50.2 Å². The van der Waals surface area contributed by atoms with Crippen molar-refractivity contribution in [2.45, 2.75) is 50.3 Å². The second-order valence-electron chi connectivity index (χ2n) is 8.17. The second kappa shape index (κ2) is 8.75. The van der Waals surface area contributed by atoms with Crippen LogP contribution in [0.3, 0.4) is 0 Å². The van der Waals surface area contributed by atoms with Crippen LogP contribution < -0.4 is 5.32 Å². The third kappa shape index (κ3) is 4.59. The number of piperidine rings is 1. The molecular formula is C21H27F2N3O3. The Morgan fingerprint density at radius 2 is 1.90 bits per heavy atom. The number of rotatable bonds is 5. The maximum absolute atomic E-state index is 13.7. The Labute approximate surface area is 169 Å². The first-order valence-corrected chi connectivity index (χ1v) is 10.4. The summed E-state index contributed by atoms with van der Waals surface area (Å²) in [5.41, 5.74) is -0.336. The fourth-order valence-corrected chi connectivity index (χ4v) is 4.41. The molecule has 3 fully saturated rings. The summed E-state index contributed by atoms with van der Waals surface area (Å²) < 4.78 is 32.6. The largest absolute Gasteiger partial charge is 0.365 e. The standard InChI is InChI=1S/C21H27F2N3O3/c22-14-4-5-19(23)18(10-14)21(28)24-11-17-12-26(20(27)13-29-17)16-6-8-25(9-7-16)15-2-1-3-15/h4-5,10,15-17H,1-3,6-9,11-13H2,(H,24,28)/t17-/m1/s1. The molecule has 1 atom stereocenters. The molecule has 1 saturated carbocycles. The number of hydrogen-bond acceptors (Lipinski definition) is 4. The molecule has 0 bridgehead atoms. The average Bonchev–Trinajstić information content (AvgIpc) is 2.68. The summed E-state index contributed by atoms with van der Waals surface area (Å²) >= 11 is 0. The van der Waals surface area contributed by atoms with Gasteiger partial charge in [0.2, 0.25) is 5.91 Å². The van der Waals surface area contributed by atoms with Crippen LogP contribution in [0.4, 0.5) is 8.78 Å². The summed E-state index contributed by atoms with van der Waals surface area (Å²) in [6.07, 6.45) is 5.44. The zero-order chi connectivity index (χ0) is 20.4. The molecule has 29 heavy (non-hydrogen) atoms. The lowest BCUT2D eigenvalue weighted by molar-refractivity contribution is -0.153. The Morgan fingerprint density at radius 3 is 2.59 bits per heavy atom. The summed E-state index contributed by atoms with van der Waals surface area (Å²) in [6, 6.07) is 3.69. The molecule has 2 saturated heterocycles. The van der Waals surface area contributed by atoms with Crippen LogP contribution in [0.5, 0.6) is 0 Å². The number of morpholine rings is 1. The van der Waals surface area contributed by atoms with Crippen molar-refractivity contribution in [1.29, 1.82) is 0 Å². The summed E-state index contributed by atoms with van der Waals surface area (Å²) in [4.78, 5) is 29.0. The van der Waals surface area contributed by atoms with Gasteiger partial charge in [0.05, 0.1) is 11.7 Å². The Kier molecular flexibility index (Phi) is 6.10. The smallest absolute Gasteiger partial charge is 0.254 e. The van der Waals surface area contributed by atoms with Gasteiger partial charge in [-0.05, 0) is 43.9 Å². The highest BCUT2D eigenvalue weighted by Gasteiger charge is 2.35. The Balaban J connectivity index is 1.29. The SMILES string of the molecule is O=C(NC[C@@H]1CN(C2CCN(C3CCC3)CC2)C(=O)CO1)c1cc(F)ccc1F. The van der Waals surface area contributed by atoms with Gasteiger partial charge in [0, 0.05) is 38.3 Å². The van der Waals surface area contributed by atoms with Gasteiger partial charge in [-0.15, -0.1) is 0 Å². The Bertz CT molecular complexity index is 764. The van der Waals surface area contributed by atoms with Crippen molar-refractivity contribution in [2.75, 3.05) is 32.8 Å². The number of carbonyl (C=O) groups excluding carboxylic acids is 2. The number of likely N-dealkylation sites (tertiary alicyclic amines) is 1. The summed E-state index contributed by atoms with van der Waals surface area (Å²) in [7, 11) is 0. The van der Waals surface area contributed by atoms with Crippen LogP contribution in [0.2, 0.25) is 0 Å². The molecule has 1 aromatic carbocycles. The van der Waals surface area contributed by atoms with Gasteiger partial charge in [0.15, 0.2) is 0 Å². The number of ether oxygens (including phenoxy) is 1. The van der Waals surface area contributed by atoms with Crippen LogP contribution in [-0.4, -0.2) is 72.6 Å². The van der Waals surface area contributed by atoms with Gasteiger partial charge in [-0.1, -0.05) is 6.42 Å². The predicted molar refractivity (Wildman–Crippen MR) is 102 cm³/mol. The lowest BCUT2D eigenvalue weighted by atomic mass is 9.89. The van der Waals surface area contributed by atoms with Gasteiger partial charge in [0.1, 0.15) is 18.2 Å². The molecule has 1 aromatic rings. The van der Waals surface area contributed by atoms with Gasteiger partial charge >= 0.3 is 0 Å². The number of nitrogens with one attached hydrogen (secondary N) is 1. The minimum Gasteiger partial charge on any atom is -0.365 e. The van der Waals surface area contributed by atoms with Crippen LogP contribution >= 0.6 is 0 Å². The van der Waals surface area contributed by atoms with Crippen molar-refractivity contribution in [1.82, 2.24) is 15.1 Å². The van der Waals surface area contributed by atoms with E-state index in [1.165, 1.54) is 19.3 Å². The topological polar surface area (TPSA) is 61.9 Å². The summed E-state index contributed by atoms with van der Waals surface area (Å²) in [5.74, 6) is -2.16. The minimum atomic E-state index is -0.775. The average molecular weight is 407 g/mol. The van der Waals surface area contributed by atoms with Crippen LogP contribution in [0.1, 0.15) is 42.5 Å². The molecule has 2 amide bonds. The van der Waals surface area contributed by atoms with Gasteiger partial charge in [-0.25, -0.2) is 8.78 Å².